The average molecular weight is 761 g/mol. The van der Waals surface area contributed by atoms with Crippen LogP contribution in [0.1, 0.15) is 73.9 Å². The number of amides is 2. The smallest absolute Gasteiger partial charge is 0.408 e. The number of hydrogen-bond donors (Lipinski definition) is 2. The second-order valence-corrected chi connectivity index (χ2v) is 13.7. The Hall–Kier alpha value is -5.35. The highest BCUT2D eigenvalue weighted by molar-refractivity contribution is 5.99. The molecule has 0 aliphatic carbocycles. The van der Waals surface area contributed by atoms with Crippen LogP contribution in [0.3, 0.4) is 0 Å². The molecule has 300 valence electrons. The lowest BCUT2D eigenvalue weighted by Crippen LogP contribution is -2.48. The minimum atomic E-state index is -1.04. The number of rotatable bonds is 14. The number of likely N-dealkylation sites (N-methyl/N-ethyl adjacent to an activating group) is 3. The van der Waals surface area contributed by atoms with E-state index in [4.69, 9.17) is 19.0 Å². The van der Waals surface area contributed by atoms with E-state index in [1.807, 2.05) is 36.9 Å². The molecule has 1 aliphatic heterocycles. The van der Waals surface area contributed by atoms with Gasteiger partial charge in [-0.25, -0.2) is 9.18 Å². The zero-order valence-corrected chi connectivity index (χ0v) is 33.6. The second kappa shape index (κ2) is 22.7. The summed E-state index contributed by atoms with van der Waals surface area (Å²) in [5.74, 6) is -1.44. The number of carbonyl (C=O) groups excluding carboxylic acids is 4. The number of anilines is 1. The molecular weight excluding hydrogens is 703 g/mol. The van der Waals surface area contributed by atoms with Crippen molar-refractivity contribution in [3.8, 4) is 11.1 Å². The molecule has 54 heavy (non-hydrogen) atoms. The van der Waals surface area contributed by atoms with E-state index in [2.05, 4.69) is 31.1 Å². The number of hydrogen-bond acceptors (Lipinski definition) is 13. The van der Waals surface area contributed by atoms with E-state index < -0.39 is 41.3 Å². The molecular formula is C37H57FN8O8. The first-order valence-corrected chi connectivity index (χ1v) is 17.5. The number of nitrogens with zero attached hydrogens (tertiary/aromatic N) is 6. The van der Waals surface area contributed by atoms with Crippen LogP contribution in [0, 0.1) is 5.82 Å². The molecule has 2 heterocycles. The van der Waals surface area contributed by atoms with E-state index in [0.717, 1.165) is 11.4 Å². The maximum absolute atomic E-state index is 14.9. The van der Waals surface area contributed by atoms with Crippen molar-refractivity contribution < 1.29 is 42.6 Å². The van der Waals surface area contributed by atoms with Gasteiger partial charge in [-0.05, 0) is 65.8 Å². The zero-order chi connectivity index (χ0) is 41.1. The molecule has 17 heteroatoms. The molecule has 0 bridgehead atoms. The summed E-state index contributed by atoms with van der Waals surface area (Å²) in [6, 6.07) is 7.56. The number of alkyl carbamates (subject to hydrolysis) is 1. The van der Waals surface area contributed by atoms with Gasteiger partial charge >= 0.3 is 12.1 Å². The van der Waals surface area contributed by atoms with Crippen molar-refractivity contribution in [2.24, 2.45) is 15.5 Å². The van der Waals surface area contributed by atoms with Crippen LogP contribution in [-0.4, -0.2) is 111 Å². The molecule has 0 saturated carbocycles. The average Bonchev–Trinajstić information content (AvgIpc) is 3.63. The fourth-order valence-electron chi connectivity index (χ4n) is 4.69. The minimum Gasteiger partial charge on any atom is -0.461 e. The molecule has 0 fully saturated rings. The van der Waals surface area contributed by atoms with Gasteiger partial charge < -0.3 is 34.6 Å². The van der Waals surface area contributed by atoms with E-state index in [1.54, 1.807) is 80.0 Å². The molecule has 1 aromatic carbocycles. The number of aromatic nitrogens is 1. The maximum atomic E-state index is 14.9. The molecule has 2 atom stereocenters. The van der Waals surface area contributed by atoms with E-state index in [1.165, 1.54) is 13.1 Å². The predicted molar refractivity (Wildman–Crippen MR) is 203 cm³/mol. The summed E-state index contributed by atoms with van der Waals surface area (Å²) in [5.41, 5.74) is 1.95. The second-order valence-electron chi connectivity index (χ2n) is 13.7. The van der Waals surface area contributed by atoms with Crippen LogP contribution in [0.4, 0.5) is 14.9 Å². The van der Waals surface area contributed by atoms with Crippen molar-refractivity contribution in [1.29, 1.82) is 0 Å². The monoisotopic (exact) mass is 760 g/mol. The summed E-state index contributed by atoms with van der Waals surface area (Å²) >= 11 is 0. The van der Waals surface area contributed by atoms with Crippen LogP contribution in [0.25, 0.3) is 11.1 Å². The summed E-state index contributed by atoms with van der Waals surface area (Å²) in [4.78, 5) is 57.2. The predicted octanol–water partition coefficient (Wildman–Crippen LogP) is 5.30. The molecule has 2 amide bonds. The van der Waals surface area contributed by atoms with Crippen LogP contribution in [0.5, 0.6) is 0 Å². The van der Waals surface area contributed by atoms with Gasteiger partial charge in [-0.15, -0.1) is 0 Å². The minimum absolute atomic E-state index is 0.268. The Morgan fingerprint density at radius 1 is 1.04 bits per heavy atom. The highest BCUT2D eigenvalue weighted by Gasteiger charge is 2.28. The number of oxime groups is 1. The Morgan fingerprint density at radius 2 is 1.70 bits per heavy atom. The number of benzene rings is 1. The van der Waals surface area contributed by atoms with Crippen LogP contribution in [-0.2, 0) is 33.4 Å². The Kier molecular flexibility index (Phi) is 19.6. The van der Waals surface area contributed by atoms with Gasteiger partial charge in [0.05, 0.1) is 32.3 Å². The van der Waals surface area contributed by atoms with E-state index in [9.17, 15) is 23.6 Å². The van der Waals surface area contributed by atoms with Gasteiger partial charge in [0.1, 0.15) is 41.5 Å². The lowest BCUT2D eigenvalue weighted by Gasteiger charge is -2.26. The van der Waals surface area contributed by atoms with E-state index in [-0.39, 0.29) is 12.2 Å². The number of halogens is 1. The molecule has 3 rings (SSSR count). The highest BCUT2D eigenvalue weighted by atomic mass is 19.1. The summed E-state index contributed by atoms with van der Waals surface area (Å²) in [6.45, 7) is 16.0. The fourth-order valence-corrected chi connectivity index (χ4v) is 4.69. The largest absolute Gasteiger partial charge is 0.461 e. The first-order valence-electron chi connectivity index (χ1n) is 17.5. The molecule has 0 spiro atoms. The molecule has 16 nitrogen and oxygen atoms in total. The third kappa shape index (κ3) is 17.4. The van der Waals surface area contributed by atoms with Crippen LogP contribution in [0.15, 0.2) is 52.0 Å². The molecule has 1 aliphatic rings. The zero-order valence-electron chi connectivity index (χ0n) is 33.6. The van der Waals surface area contributed by atoms with Crippen molar-refractivity contribution >= 4 is 35.8 Å². The summed E-state index contributed by atoms with van der Waals surface area (Å²) < 4.78 is 30.2. The highest BCUT2D eigenvalue weighted by Crippen LogP contribution is 2.27. The van der Waals surface area contributed by atoms with E-state index >= 15 is 0 Å². The normalized spacial score (nSPS) is 13.3. The van der Waals surface area contributed by atoms with Crippen molar-refractivity contribution in [3.05, 3.63) is 48.0 Å². The summed E-state index contributed by atoms with van der Waals surface area (Å²) in [6.07, 6.45) is 0.855. The standard InChI is InChI=1S/C21H25FN6O3.C14H26N2O5.C2H6/c1-23-26-28(3)13-17(30-14-29)12-27(2)16-5-6-18(19(22)10-16)15-4-7-20(24-11-15)21-8-9-31-25-21;1-13(2,3)20-10(17)8-9(11(18)15-7)16-12(19)21-14(4,5)6;1-2/h4-7,10-11,14,17H,8-9,12-13H2,1-3H3;9H,8H2,1-7H3,(H,15,18)(H,16,19);1-2H3. The van der Waals surface area contributed by atoms with Gasteiger partial charge in [0.2, 0.25) is 5.91 Å². The van der Waals surface area contributed by atoms with Gasteiger partial charge in [-0.2, -0.15) is 5.11 Å². The lowest BCUT2D eigenvalue weighted by atomic mass is 10.0. The first-order chi connectivity index (χ1) is 25.3. The van der Waals surface area contributed by atoms with Crippen molar-refractivity contribution in [2.75, 3.05) is 52.8 Å². The summed E-state index contributed by atoms with van der Waals surface area (Å²) in [5, 5.41) is 17.8. The van der Waals surface area contributed by atoms with Gasteiger partial charge in [0.15, 0.2) is 0 Å². The van der Waals surface area contributed by atoms with Crippen molar-refractivity contribution in [1.82, 2.24) is 20.6 Å². The molecule has 1 aromatic heterocycles. The Balaban J connectivity index is 0.000000556. The molecule has 2 aromatic rings. The quantitative estimate of drug-likeness (QED) is 0.0837. The molecule has 0 saturated heterocycles. The Morgan fingerprint density at radius 3 is 2.20 bits per heavy atom. The number of esters is 1. The third-order valence-corrected chi connectivity index (χ3v) is 6.85. The number of nitrogens with one attached hydrogen (secondary N) is 2. The first kappa shape index (κ1) is 46.7. The van der Waals surface area contributed by atoms with Gasteiger partial charge in [-0.3, -0.25) is 24.4 Å². The van der Waals surface area contributed by atoms with Crippen LogP contribution < -0.4 is 15.5 Å². The topological polar surface area (TPSA) is 186 Å². The van der Waals surface area contributed by atoms with Crippen LogP contribution in [0.2, 0.25) is 0 Å². The van der Waals surface area contributed by atoms with Gasteiger partial charge in [0, 0.05) is 50.6 Å². The Bertz CT molecular complexity index is 1530. The van der Waals surface area contributed by atoms with E-state index in [0.29, 0.717) is 49.4 Å². The third-order valence-electron chi connectivity index (χ3n) is 6.85. The number of ether oxygens (including phenoxy) is 3. The van der Waals surface area contributed by atoms with Gasteiger partial charge in [0.25, 0.3) is 6.47 Å². The molecule has 2 N–H and O–H groups in total. The SMILES string of the molecule is CC.CN=NN(C)CC(CN(C)c1ccc(-c2ccc(C3=NOCC3)nc2)c(F)c1)OC=O.CNC(=O)C(CC(=O)OC(C)(C)C)NC(=O)OC(C)(C)C. The summed E-state index contributed by atoms with van der Waals surface area (Å²) in [7, 11) is 6.51. The number of pyridine rings is 1. The molecule has 2 unspecified atom stereocenters. The number of carbonyl (C=O) groups is 4. The van der Waals surface area contributed by atoms with Gasteiger partial charge in [-0.1, -0.05) is 30.3 Å². The lowest BCUT2D eigenvalue weighted by molar-refractivity contribution is -0.156. The van der Waals surface area contributed by atoms with Crippen molar-refractivity contribution in [2.45, 2.75) is 91.6 Å². The fraction of sp³-hybridized carbons (Fsp3) is 0.568. The van der Waals surface area contributed by atoms with Crippen LogP contribution >= 0.6 is 0 Å². The maximum Gasteiger partial charge on any atom is 0.408 e. The van der Waals surface area contributed by atoms with Crippen molar-refractivity contribution in [3.63, 3.8) is 0 Å². The Labute approximate surface area is 317 Å². The molecule has 0 radical (unpaired) electrons.